The van der Waals surface area contributed by atoms with Gasteiger partial charge < -0.3 is 14.2 Å². The van der Waals surface area contributed by atoms with Gasteiger partial charge in [0.25, 0.3) is 0 Å². The zero-order chi connectivity index (χ0) is 28.2. The molecule has 3 nitrogen and oxygen atoms in total. The van der Waals surface area contributed by atoms with Crippen molar-refractivity contribution in [2.24, 2.45) is 0 Å². The number of fused-ring (bicyclic) bond motifs is 3. The first-order valence-electron chi connectivity index (χ1n) is 14.1. The minimum atomic E-state index is -0.411. The van der Waals surface area contributed by atoms with Crippen molar-refractivity contribution in [1.29, 1.82) is 0 Å². The summed E-state index contributed by atoms with van der Waals surface area (Å²) in [6.07, 6.45) is 0. The maximum Gasteiger partial charge on any atom is 0.494 e. The molecule has 6 aromatic rings. The zero-order valence-electron chi connectivity index (χ0n) is 23.8. The van der Waals surface area contributed by atoms with Gasteiger partial charge in [0.2, 0.25) is 0 Å². The maximum atomic E-state index is 6.43. The topological polar surface area (TPSA) is 21.7 Å². The van der Waals surface area contributed by atoms with E-state index < -0.39 is 18.3 Å². The van der Waals surface area contributed by atoms with Crippen molar-refractivity contribution in [2.75, 3.05) is 4.90 Å². The van der Waals surface area contributed by atoms with E-state index in [0.717, 1.165) is 28.1 Å². The lowest BCUT2D eigenvalue weighted by molar-refractivity contribution is 0.00578. The van der Waals surface area contributed by atoms with Crippen LogP contribution in [0.2, 0.25) is 0 Å². The molecule has 0 amide bonds. The molecular formula is C36H32BNO2S. The minimum Gasteiger partial charge on any atom is -0.399 e. The summed E-state index contributed by atoms with van der Waals surface area (Å²) in [5.41, 5.74) is 5.96. The summed E-state index contributed by atoms with van der Waals surface area (Å²) in [5, 5.41) is 2.54. The molecule has 1 fully saturated rings. The second-order valence-electron chi connectivity index (χ2n) is 11.7. The fourth-order valence-corrected chi connectivity index (χ4v) is 6.81. The van der Waals surface area contributed by atoms with Crippen LogP contribution in [-0.2, 0) is 9.31 Å². The number of nitrogens with zero attached hydrogens (tertiary/aromatic N) is 1. The van der Waals surface area contributed by atoms with Gasteiger partial charge in [-0.1, -0.05) is 78.9 Å². The van der Waals surface area contributed by atoms with Crippen LogP contribution in [0.3, 0.4) is 0 Å². The Morgan fingerprint density at radius 3 is 1.85 bits per heavy atom. The van der Waals surface area contributed by atoms with Gasteiger partial charge in [-0.3, -0.25) is 0 Å². The number of rotatable bonds is 5. The van der Waals surface area contributed by atoms with Crippen molar-refractivity contribution in [1.82, 2.24) is 0 Å². The summed E-state index contributed by atoms with van der Waals surface area (Å²) in [4.78, 5) is 2.34. The quantitative estimate of drug-likeness (QED) is 0.199. The molecule has 0 spiro atoms. The Morgan fingerprint density at radius 1 is 0.585 bits per heavy atom. The first kappa shape index (κ1) is 26.0. The highest BCUT2D eigenvalue weighted by molar-refractivity contribution is 7.26. The summed E-state index contributed by atoms with van der Waals surface area (Å²) < 4.78 is 15.4. The smallest absolute Gasteiger partial charge is 0.399 e. The van der Waals surface area contributed by atoms with Gasteiger partial charge in [0.15, 0.2) is 0 Å². The van der Waals surface area contributed by atoms with Crippen LogP contribution < -0.4 is 10.4 Å². The third kappa shape index (κ3) is 4.55. The fourth-order valence-electron chi connectivity index (χ4n) is 5.59. The van der Waals surface area contributed by atoms with E-state index in [-0.39, 0.29) is 0 Å². The number of thiophene rings is 1. The van der Waals surface area contributed by atoms with Crippen molar-refractivity contribution < 1.29 is 9.31 Å². The van der Waals surface area contributed by atoms with Gasteiger partial charge in [-0.05, 0) is 81.2 Å². The monoisotopic (exact) mass is 553 g/mol. The Hall–Kier alpha value is -3.90. The molecule has 1 aromatic heterocycles. The Morgan fingerprint density at radius 2 is 1.20 bits per heavy atom. The predicted octanol–water partition coefficient (Wildman–Crippen LogP) is 9.49. The number of hydrogen-bond donors (Lipinski definition) is 0. The van der Waals surface area contributed by atoms with Crippen molar-refractivity contribution in [3.05, 3.63) is 121 Å². The van der Waals surface area contributed by atoms with Crippen LogP contribution >= 0.6 is 11.3 Å². The first-order valence-corrected chi connectivity index (χ1v) is 14.9. The third-order valence-electron chi connectivity index (χ3n) is 8.47. The van der Waals surface area contributed by atoms with Gasteiger partial charge in [-0.25, -0.2) is 0 Å². The molecule has 0 bridgehead atoms. The van der Waals surface area contributed by atoms with Crippen LogP contribution in [0.15, 0.2) is 121 Å². The number of benzene rings is 5. The maximum absolute atomic E-state index is 6.43. The molecule has 0 atom stereocenters. The molecule has 202 valence electrons. The largest absolute Gasteiger partial charge is 0.494 e. The van der Waals surface area contributed by atoms with E-state index in [1.807, 2.05) is 11.3 Å². The molecule has 1 saturated heterocycles. The molecule has 5 heteroatoms. The van der Waals surface area contributed by atoms with E-state index in [9.17, 15) is 0 Å². The SMILES string of the molecule is CC1(C)OB(c2cccc(-c3cc(N(c4ccccc4)c4ccccc4)cc4c3sc3ccccc34)c2)OC1(C)C. The Balaban J connectivity index is 1.45. The fraction of sp³-hybridized carbons (Fsp3) is 0.167. The molecule has 0 aliphatic carbocycles. The predicted molar refractivity (Wildman–Crippen MR) is 175 cm³/mol. The van der Waals surface area contributed by atoms with Crippen LogP contribution in [0.4, 0.5) is 17.1 Å². The molecule has 2 heterocycles. The molecular weight excluding hydrogens is 521 g/mol. The number of anilines is 3. The Bertz CT molecular complexity index is 1810. The lowest BCUT2D eigenvalue weighted by Gasteiger charge is -2.32. The molecule has 0 radical (unpaired) electrons. The summed E-state index contributed by atoms with van der Waals surface area (Å²) in [5.74, 6) is 0. The molecule has 1 aliphatic rings. The van der Waals surface area contributed by atoms with E-state index in [1.165, 1.54) is 25.7 Å². The van der Waals surface area contributed by atoms with Gasteiger partial charge in [0, 0.05) is 42.8 Å². The van der Waals surface area contributed by atoms with Crippen molar-refractivity contribution in [3.8, 4) is 11.1 Å². The first-order chi connectivity index (χ1) is 19.8. The van der Waals surface area contributed by atoms with Crippen LogP contribution in [0, 0.1) is 0 Å². The highest BCUT2D eigenvalue weighted by Crippen LogP contribution is 2.45. The second-order valence-corrected chi connectivity index (χ2v) is 12.7. The van der Waals surface area contributed by atoms with Crippen molar-refractivity contribution >= 4 is 61.2 Å². The lowest BCUT2D eigenvalue weighted by atomic mass is 9.78. The molecule has 5 aromatic carbocycles. The second kappa shape index (κ2) is 9.88. The van der Waals surface area contributed by atoms with Crippen LogP contribution in [0.5, 0.6) is 0 Å². The highest BCUT2D eigenvalue weighted by atomic mass is 32.1. The third-order valence-corrected chi connectivity index (χ3v) is 9.69. The molecule has 0 saturated carbocycles. The van der Waals surface area contributed by atoms with Crippen molar-refractivity contribution in [2.45, 2.75) is 38.9 Å². The standard InChI is InChI=1S/C36H32BNO2S/c1-35(2)36(3,4)40-37(39-35)26-15-13-14-25(22-26)31-23-29(24-32-30-20-11-12-21-33(30)41-34(31)32)38(27-16-7-5-8-17-27)28-18-9-6-10-19-28/h5-24H,1-4H3. The average Bonchev–Trinajstić information content (AvgIpc) is 3.46. The van der Waals surface area contributed by atoms with Gasteiger partial charge in [-0.2, -0.15) is 0 Å². The molecule has 1 aliphatic heterocycles. The zero-order valence-corrected chi connectivity index (χ0v) is 24.6. The molecule has 41 heavy (non-hydrogen) atoms. The molecule has 0 N–H and O–H groups in total. The molecule has 7 rings (SSSR count). The summed E-state index contributed by atoms with van der Waals surface area (Å²) >= 11 is 1.85. The van der Waals surface area contributed by atoms with E-state index in [2.05, 4.69) is 154 Å². The van der Waals surface area contributed by atoms with Crippen LogP contribution in [0.25, 0.3) is 31.3 Å². The summed E-state index contributed by atoms with van der Waals surface area (Å²) in [7, 11) is -0.411. The van der Waals surface area contributed by atoms with Gasteiger partial charge in [-0.15, -0.1) is 11.3 Å². The van der Waals surface area contributed by atoms with Gasteiger partial charge in [0.05, 0.1) is 11.2 Å². The van der Waals surface area contributed by atoms with E-state index >= 15 is 0 Å². The minimum absolute atomic E-state index is 0.391. The normalized spacial score (nSPS) is 16.0. The Kier molecular flexibility index (Phi) is 6.27. The van der Waals surface area contributed by atoms with Crippen LogP contribution in [0.1, 0.15) is 27.7 Å². The van der Waals surface area contributed by atoms with Gasteiger partial charge >= 0.3 is 7.12 Å². The number of hydrogen-bond acceptors (Lipinski definition) is 4. The number of para-hydroxylation sites is 2. The summed E-state index contributed by atoms with van der Waals surface area (Å²) in [6.45, 7) is 8.40. The van der Waals surface area contributed by atoms with Gasteiger partial charge in [0.1, 0.15) is 0 Å². The van der Waals surface area contributed by atoms with E-state index in [4.69, 9.17) is 9.31 Å². The van der Waals surface area contributed by atoms with Crippen LogP contribution in [-0.4, -0.2) is 18.3 Å². The summed E-state index contributed by atoms with van der Waals surface area (Å²) in [6, 6.07) is 43.2. The van der Waals surface area contributed by atoms with E-state index in [0.29, 0.717) is 0 Å². The lowest BCUT2D eigenvalue weighted by Crippen LogP contribution is -2.41. The average molecular weight is 554 g/mol. The van der Waals surface area contributed by atoms with Crippen molar-refractivity contribution in [3.63, 3.8) is 0 Å². The Labute approximate surface area is 246 Å². The molecule has 0 unspecified atom stereocenters. The highest BCUT2D eigenvalue weighted by Gasteiger charge is 2.51. The van der Waals surface area contributed by atoms with E-state index in [1.54, 1.807) is 0 Å².